The highest BCUT2D eigenvalue weighted by atomic mass is 32.2. The van der Waals surface area contributed by atoms with E-state index < -0.39 is 33.7 Å². The van der Waals surface area contributed by atoms with Crippen LogP contribution in [0.3, 0.4) is 0 Å². The molecule has 2 aromatic rings. The normalized spacial score (nSPS) is 17.4. The summed E-state index contributed by atoms with van der Waals surface area (Å²) in [6.45, 7) is 2.03. The fourth-order valence-electron chi connectivity index (χ4n) is 3.74. The van der Waals surface area contributed by atoms with Crippen LogP contribution in [0.15, 0.2) is 47.4 Å². The predicted octanol–water partition coefficient (Wildman–Crippen LogP) is 2.10. The summed E-state index contributed by atoms with van der Waals surface area (Å²) >= 11 is 0. The Morgan fingerprint density at radius 2 is 1.73 bits per heavy atom. The fourth-order valence-corrected chi connectivity index (χ4v) is 5.21. The van der Waals surface area contributed by atoms with E-state index in [1.54, 1.807) is 25.1 Å². The van der Waals surface area contributed by atoms with E-state index in [2.05, 4.69) is 10.6 Å². The maximum Gasteiger partial charge on any atom is 0.246 e. The van der Waals surface area contributed by atoms with Gasteiger partial charge in [-0.2, -0.15) is 4.31 Å². The van der Waals surface area contributed by atoms with Gasteiger partial charge in [0, 0.05) is 30.8 Å². The van der Waals surface area contributed by atoms with Crippen molar-refractivity contribution in [3.05, 3.63) is 48.3 Å². The molecule has 0 spiro atoms. The number of ether oxygens (including phenoxy) is 2. The van der Waals surface area contributed by atoms with Gasteiger partial charge in [0.2, 0.25) is 28.6 Å². The summed E-state index contributed by atoms with van der Waals surface area (Å²) in [5, 5.41) is 5.42. The molecule has 1 atom stereocenters. The smallest absolute Gasteiger partial charge is 0.246 e. The van der Waals surface area contributed by atoms with Gasteiger partial charge in [-0.3, -0.25) is 9.59 Å². The lowest BCUT2D eigenvalue weighted by Gasteiger charge is -2.31. The minimum absolute atomic E-state index is 0.0145. The van der Waals surface area contributed by atoms with Gasteiger partial charge in [-0.15, -0.1) is 0 Å². The van der Waals surface area contributed by atoms with Gasteiger partial charge in [0.25, 0.3) is 0 Å². The van der Waals surface area contributed by atoms with Crippen molar-refractivity contribution in [1.29, 1.82) is 0 Å². The Hall–Kier alpha value is -3.18. The Labute approximate surface area is 190 Å². The van der Waals surface area contributed by atoms with Gasteiger partial charge in [0.15, 0.2) is 11.5 Å². The van der Waals surface area contributed by atoms with Crippen LogP contribution in [0.25, 0.3) is 0 Å². The van der Waals surface area contributed by atoms with E-state index in [4.69, 9.17) is 9.47 Å². The first-order valence-corrected chi connectivity index (χ1v) is 11.9. The van der Waals surface area contributed by atoms with Gasteiger partial charge in [-0.1, -0.05) is 0 Å². The van der Waals surface area contributed by atoms with Crippen molar-refractivity contribution in [3.8, 4) is 11.5 Å². The summed E-state index contributed by atoms with van der Waals surface area (Å²) in [5.74, 6) is -0.485. The molecule has 2 aliphatic rings. The molecule has 176 valence electrons. The molecule has 0 saturated carbocycles. The number of nitrogens with zero attached hydrogens (tertiary/aromatic N) is 1. The molecule has 0 unspecified atom stereocenters. The SMILES string of the molecule is C[C@@H](NC(=O)C1CCN(S(=O)(=O)c2ccc(F)cc2)CC1)C(=O)Nc1ccc2c(c1)OCO2. The molecule has 33 heavy (non-hydrogen) atoms. The maximum atomic E-state index is 13.1. The first-order valence-electron chi connectivity index (χ1n) is 10.5. The number of carbonyl (C=O) groups is 2. The average Bonchev–Trinajstić information content (AvgIpc) is 3.27. The van der Waals surface area contributed by atoms with Crippen molar-refractivity contribution in [1.82, 2.24) is 9.62 Å². The Bertz CT molecular complexity index is 1150. The second-order valence-corrected chi connectivity index (χ2v) is 9.86. The number of halogens is 1. The third-order valence-corrected chi connectivity index (χ3v) is 7.58. The van der Waals surface area contributed by atoms with E-state index in [-0.39, 0.29) is 30.7 Å². The molecular weight excluding hydrogens is 453 g/mol. The Morgan fingerprint density at radius 3 is 2.42 bits per heavy atom. The number of amides is 2. The number of anilines is 1. The molecule has 2 amide bonds. The Balaban J connectivity index is 1.28. The van der Waals surface area contributed by atoms with Crippen LogP contribution in [-0.4, -0.2) is 50.5 Å². The molecular formula is C22H24FN3O6S. The minimum Gasteiger partial charge on any atom is -0.454 e. The predicted molar refractivity (Wildman–Crippen MR) is 117 cm³/mol. The topological polar surface area (TPSA) is 114 Å². The number of hydrogen-bond donors (Lipinski definition) is 2. The molecule has 2 heterocycles. The number of piperidine rings is 1. The van der Waals surface area contributed by atoms with Crippen LogP contribution < -0.4 is 20.1 Å². The first kappa shape index (κ1) is 23.0. The second kappa shape index (κ2) is 9.36. The second-order valence-electron chi connectivity index (χ2n) is 7.92. The van der Waals surface area contributed by atoms with Crippen molar-refractivity contribution >= 4 is 27.5 Å². The highest BCUT2D eigenvalue weighted by Gasteiger charge is 2.33. The van der Waals surface area contributed by atoms with Crippen LogP contribution in [-0.2, 0) is 19.6 Å². The molecule has 0 aliphatic carbocycles. The summed E-state index contributed by atoms with van der Waals surface area (Å²) in [5.41, 5.74) is 0.518. The number of benzene rings is 2. The molecule has 2 aliphatic heterocycles. The number of carbonyl (C=O) groups excluding carboxylic acids is 2. The van der Waals surface area contributed by atoms with Crippen LogP contribution in [0.5, 0.6) is 11.5 Å². The quantitative estimate of drug-likeness (QED) is 0.659. The fraction of sp³-hybridized carbons (Fsp3) is 0.364. The summed E-state index contributed by atoms with van der Waals surface area (Å²) in [6, 6.07) is 8.88. The van der Waals surface area contributed by atoms with Gasteiger partial charge in [0.1, 0.15) is 11.9 Å². The largest absolute Gasteiger partial charge is 0.454 e. The van der Waals surface area contributed by atoms with E-state index in [1.807, 2.05) is 0 Å². The molecule has 11 heteroatoms. The van der Waals surface area contributed by atoms with Gasteiger partial charge in [0.05, 0.1) is 4.90 Å². The third-order valence-electron chi connectivity index (χ3n) is 5.67. The lowest BCUT2D eigenvalue weighted by molar-refractivity contribution is -0.129. The molecule has 0 bridgehead atoms. The Kier molecular flexibility index (Phi) is 6.52. The van der Waals surface area contributed by atoms with Crippen LogP contribution in [0, 0.1) is 11.7 Å². The van der Waals surface area contributed by atoms with E-state index >= 15 is 0 Å². The Morgan fingerprint density at radius 1 is 1.06 bits per heavy atom. The van der Waals surface area contributed by atoms with Crippen LogP contribution >= 0.6 is 0 Å². The van der Waals surface area contributed by atoms with Crippen molar-refractivity contribution in [2.45, 2.75) is 30.7 Å². The molecule has 4 rings (SSSR count). The summed E-state index contributed by atoms with van der Waals surface area (Å²) in [7, 11) is -3.75. The van der Waals surface area contributed by atoms with Crippen molar-refractivity contribution < 1.29 is 31.9 Å². The monoisotopic (exact) mass is 477 g/mol. The van der Waals surface area contributed by atoms with Crippen molar-refractivity contribution in [2.24, 2.45) is 5.92 Å². The number of rotatable bonds is 6. The van der Waals surface area contributed by atoms with Gasteiger partial charge >= 0.3 is 0 Å². The lowest BCUT2D eigenvalue weighted by atomic mass is 9.97. The molecule has 2 aromatic carbocycles. The van der Waals surface area contributed by atoms with Gasteiger partial charge < -0.3 is 20.1 Å². The maximum absolute atomic E-state index is 13.1. The molecule has 2 N–H and O–H groups in total. The number of fused-ring (bicyclic) bond motifs is 1. The van der Waals surface area contributed by atoms with E-state index in [9.17, 15) is 22.4 Å². The van der Waals surface area contributed by atoms with E-state index in [0.717, 1.165) is 12.1 Å². The minimum atomic E-state index is -3.75. The number of hydrogen-bond acceptors (Lipinski definition) is 6. The van der Waals surface area contributed by atoms with Crippen molar-refractivity contribution in [3.63, 3.8) is 0 Å². The molecule has 9 nitrogen and oxygen atoms in total. The number of sulfonamides is 1. The third kappa shape index (κ3) is 5.09. The standard InChI is InChI=1S/C22H24FN3O6S/c1-14(21(27)25-17-4-7-19-20(12-17)32-13-31-19)24-22(28)15-8-10-26(11-9-15)33(29,30)18-5-2-16(23)3-6-18/h2-7,12,14-15H,8-11,13H2,1H3,(H,24,28)(H,25,27)/t14-/m1/s1. The summed E-state index contributed by atoms with van der Waals surface area (Å²) < 4.78 is 50.4. The zero-order valence-electron chi connectivity index (χ0n) is 17.9. The molecule has 0 aromatic heterocycles. The van der Waals surface area contributed by atoms with E-state index in [0.29, 0.717) is 30.0 Å². The van der Waals surface area contributed by atoms with Gasteiger partial charge in [-0.05, 0) is 56.2 Å². The molecule has 0 radical (unpaired) electrons. The van der Waals surface area contributed by atoms with Crippen LogP contribution in [0.1, 0.15) is 19.8 Å². The zero-order chi connectivity index (χ0) is 23.6. The van der Waals surface area contributed by atoms with Crippen LogP contribution in [0.4, 0.5) is 10.1 Å². The average molecular weight is 478 g/mol. The highest BCUT2D eigenvalue weighted by molar-refractivity contribution is 7.89. The first-order chi connectivity index (χ1) is 15.7. The summed E-state index contributed by atoms with van der Waals surface area (Å²) in [6.07, 6.45) is 0.644. The molecule has 1 fully saturated rings. The van der Waals surface area contributed by atoms with E-state index in [1.165, 1.54) is 16.4 Å². The van der Waals surface area contributed by atoms with Gasteiger partial charge in [-0.25, -0.2) is 12.8 Å². The van der Waals surface area contributed by atoms with Crippen LogP contribution in [0.2, 0.25) is 0 Å². The van der Waals surface area contributed by atoms with Crippen molar-refractivity contribution in [2.75, 3.05) is 25.2 Å². The molecule has 1 saturated heterocycles. The zero-order valence-corrected chi connectivity index (χ0v) is 18.7. The highest BCUT2D eigenvalue weighted by Crippen LogP contribution is 2.34. The lowest BCUT2D eigenvalue weighted by Crippen LogP contribution is -2.47. The summed E-state index contributed by atoms with van der Waals surface area (Å²) in [4.78, 5) is 25.1. The number of nitrogens with one attached hydrogen (secondary N) is 2.